The van der Waals surface area contributed by atoms with Gasteiger partial charge < -0.3 is 14.4 Å². The van der Waals surface area contributed by atoms with Crippen molar-refractivity contribution in [3.05, 3.63) is 295 Å². The lowest BCUT2D eigenvalue weighted by Crippen LogP contribution is -2.09. The van der Waals surface area contributed by atoms with Crippen LogP contribution in [0, 0.1) is 27.7 Å². The molecule has 0 saturated carbocycles. The predicted octanol–water partition coefficient (Wildman–Crippen LogP) is 20.1. The first-order chi connectivity index (χ1) is 38.8. The average molecular weight is 1020 g/mol. The Balaban J connectivity index is 0.861. The van der Waals surface area contributed by atoms with Crippen LogP contribution in [0.1, 0.15) is 22.3 Å². The van der Waals surface area contributed by atoms with Crippen molar-refractivity contribution in [2.75, 3.05) is 9.80 Å². The van der Waals surface area contributed by atoms with E-state index in [9.17, 15) is 0 Å². The molecule has 0 aliphatic rings. The van der Waals surface area contributed by atoms with E-state index in [-0.39, 0.29) is 0 Å². The second-order valence-corrected chi connectivity index (χ2v) is 20.5. The van der Waals surface area contributed by atoms with Crippen LogP contribution < -0.4 is 9.80 Å². The van der Waals surface area contributed by atoms with Gasteiger partial charge in [-0.3, -0.25) is 0 Å². The van der Waals surface area contributed by atoms with E-state index >= 15 is 0 Å². The molecule has 0 unspecified atom stereocenters. The zero-order valence-corrected chi connectivity index (χ0v) is 44.7. The maximum absolute atomic E-state index is 5.22. The number of hydrogen-bond donors (Lipinski definition) is 0. The Kier molecular flexibility index (Phi) is 12.8. The van der Waals surface area contributed by atoms with Crippen LogP contribution in [0.15, 0.2) is 273 Å². The van der Waals surface area contributed by atoms with E-state index < -0.39 is 0 Å². The lowest BCUT2D eigenvalue weighted by Gasteiger charge is -2.26. The average Bonchev–Trinajstić information content (AvgIpc) is 4.07. The summed E-state index contributed by atoms with van der Waals surface area (Å²) >= 11 is 0. The maximum atomic E-state index is 5.22. The lowest BCUT2D eigenvalue weighted by molar-refractivity contribution is 1.17. The minimum absolute atomic E-state index is 0.735. The van der Waals surface area contributed by atoms with E-state index in [1.165, 1.54) is 38.6 Å². The molecule has 0 aliphatic heterocycles. The topological polar surface area (TPSA) is 37.2 Å². The summed E-state index contributed by atoms with van der Waals surface area (Å²) in [5.74, 6) is 0.735. The Morgan fingerprint density at radius 1 is 0.291 bits per heavy atom. The molecule has 13 rings (SSSR count). The summed E-state index contributed by atoms with van der Waals surface area (Å²) in [6.45, 7) is 8.69. The summed E-state index contributed by atoms with van der Waals surface area (Å²) in [6, 6.07) is 98.0. The quantitative estimate of drug-likeness (QED) is 0.122. The first-order valence-corrected chi connectivity index (χ1v) is 27.1. The molecule has 5 heteroatoms. The number of nitrogens with zero attached hydrogens (tertiary/aromatic N) is 5. The summed E-state index contributed by atoms with van der Waals surface area (Å²) < 4.78 is 2.42. The first kappa shape index (κ1) is 48.5. The van der Waals surface area contributed by atoms with Gasteiger partial charge in [-0.05, 0) is 187 Å². The van der Waals surface area contributed by atoms with Gasteiger partial charge in [0, 0.05) is 67.3 Å². The molecule has 0 bridgehead atoms. The van der Waals surface area contributed by atoms with Crippen molar-refractivity contribution >= 4 is 55.9 Å². The fourth-order valence-electron chi connectivity index (χ4n) is 11.5. The highest BCUT2D eigenvalue weighted by molar-refractivity contribution is 6.12. The fourth-order valence-corrected chi connectivity index (χ4v) is 11.5. The van der Waals surface area contributed by atoms with Gasteiger partial charge in [0.15, 0.2) is 5.82 Å². The second-order valence-electron chi connectivity index (χ2n) is 20.5. The molecule has 0 radical (unpaired) electrons. The van der Waals surface area contributed by atoms with Crippen LogP contribution in [0.25, 0.3) is 83.6 Å². The molecule has 0 saturated heterocycles. The number of hydrogen-bond acceptors (Lipinski definition) is 4. The molecule has 0 atom stereocenters. The van der Waals surface area contributed by atoms with E-state index in [0.717, 1.165) is 101 Å². The highest BCUT2D eigenvalue weighted by Gasteiger charge is 2.21. The van der Waals surface area contributed by atoms with Gasteiger partial charge >= 0.3 is 0 Å². The number of para-hydroxylation sites is 4. The highest BCUT2D eigenvalue weighted by atomic mass is 15.1. The second kappa shape index (κ2) is 20.8. The third-order valence-electron chi connectivity index (χ3n) is 15.3. The molecule has 79 heavy (non-hydrogen) atoms. The minimum atomic E-state index is 0.735. The van der Waals surface area contributed by atoms with E-state index in [0.29, 0.717) is 0 Å². The zero-order chi connectivity index (χ0) is 53.4. The van der Waals surface area contributed by atoms with Crippen LogP contribution >= 0.6 is 0 Å². The van der Waals surface area contributed by atoms with Gasteiger partial charge in [-0.1, -0.05) is 158 Å². The Morgan fingerprint density at radius 2 is 0.684 bits per heavy atom. The van der Waals surface area contributed by atoms with Crippen LogP contribution in [0.3, 0.4) is 0 Å². The van der Waals surface area contributed by atoms with Crippen molar-refractivity contribution in [1.29, 1.82) is 0 Å². The Morgan fingerprint density at radius 3 is 1.14 bits per heavy atom. The van der Waals surface area contributed by atoms with Gasteiger partial charge in [0.2, 0.25) is 0 Å². The number of aromatic nitrogens is 3. The molecule has 0 fully saturated rings. The van der Waals surface area contributed by atoms with Gasteiger partial charge in [-0.25, -0.2) is 9.97 Å². The number of rotatable bonds is 12. The van der Waals surface area contributed by atoms with E-state index in [4.69, 9.17) is 9.97 Å². The molecule has 0 amide bonds. The zero-order valence-electron chi connectivity index (χ0n) is 44.7. The minimum Gasteiger partial charge on any atom is -0.310 e. The normalized spacial score (nSPS) is 11.3. The number of anilines is 6. The van der Waals surface area contributed by atoms with Gasteiger partial charge in [-0.2, -0.15) is 0 Å². The van der Waals surface area contributed by atoms with Crippen molar-refractivity contribution in [1.82, 2.24) is 14.5 Å². The summed E-state index contributed by atoms with van der Waals surface area (Å²) in [5.41, 5.74) is 24.5. The monoisotopic (exact) mass is 1020 g/mol. The van der Waals surface area contributed by atoms with Gasteiger partial charge in [0.05, 0.1) is 22.4 Å². The molecule has 5 nitrogen and oxygen atoms in total. The van der Waals surface area contributed by atoms with Crippen LogP contribution in [0.4, 0.5) is 34.1 Å². The van der Waals surface area contributed by atoms with Crippen LogP contribution in [-0.2, 0) is 0 Å². The summed E-state index contributed by atoms with van der Waals surface area (Å²) in [4.78, 5) is 15.0. The third-order valence-corrected chi connectivity index (χ3v) is 15.3. The lowest BCUT2D eigenvalue weighted by atomic mass is 9.91. The van der Waals surface area contributed by atoms with Crippen molar-refractivity contribution in [3.63, 3.8) is 0 Å². The van der Waals surface area contributed by atoms with E-state index in [2.05, 4.69) is 315 Å². The molecule has 378 valence electrons. The molecule has 0 aliphatic carbocycles. The smallest absolute Gasteiger partial charge is 0.160 e. The van der Waals surface area contributed by atoms with Gasteiger partial charge in [0.25, 0.3) is 0 Å². The van der Waals surface area contributed by atoms with Crippen molar-refractivity contribution in [2.45, 2.75) is 27.7 Å². The molecule has 11 aromatic carbocycles. The molecular formula is C74H57N5. The number of benzene rings is 11. The fraction of sp³-hybridized carbons (Fsp3) is 0.0541. The van der Waals surface area contributed by atoms with E-state index in [1.807, 2.05) is 0 Å². The Bertz CT molecular complexity index is 4020. The van der Waals surface area contributed by atoms with Crippen molar-refractivity contribution < 1.29 is 0 Å². The molecule has 2 aromatic heterocycles. The molecule has 2 heterocycles. The molecule has 0 N–H and O–H groups in total. The van der Waals surface area contributed by atoms with E-state index in [1.54, 1.807) is 0 Å². The Labute approximate surface area is 462 Å². The predicted molar refractivity (Wildman–Crippen MR) is 332 cm³/mol. The van der Waals surface area contributed by atoms with Crippen LogP contribution in [-0.4, -0.2) is 14.5 Å². The Hall–Kier alpha value is -10.1. The van der Waals surface area contributed by atoms with Crippen molar-refractivity contribution in [2.24, 2.45) is 0 Å². The van der Waals surface area contributed by atoms with Crippen molar-refractivity contribution in [3.8, 4) is 61.8 Å². The number of fused-ring (bicyclic) bond motifs is 3. The standard InChI is InChI=1S/C74H57N5/c1-50-21-17-19-31-65(50)70-49-69(75-74(76-70)66-32-20-18-22-51(66)2)57-45-52(3)73(53(4)46-57)56-35-33-54(34-36-56)55-37-39-62(40-38-55)79-71-43-41-63(77(58-23-9-5-10-24-58)59-25-11-6-12-26-59)47-67(71)68-48-64(42-44-72(68)79)78(60-27-13-7-14-28-60)61-29-15-8-16-30-61/h5-49H,1-4H3. The molecular weight excluding hydrogens is 959 g/mol. The largest absolute Gasteiger partial charge is 0.310 e. The maximum Gasteiger partial charge on any atom is 0.160 e. The summed E-state index contributed by atoms with van der Waals surface area (Å²) in [6.07, 6.45) is 0. The molecule has 0 spiro atoms. The van der Waals surface area contributed by atoms with Gasteiger partial charge in [-0.15, -0.1) is 0 Å². The SMILES string of the molecule is Cc1ccccc1-c1cc(-c2cc(C)c(-c3ccc(-c4ccc(-n5c6ccc(N(c7ccccc7)c7ccccc7)cc6c6cc(N(c7ccccc7)c7ccccc7)ccc65)cc4)cc3)c(C)c2)nc(-c2ccccc2C)n1. The third kappa shape index (κ3) is 9.32. The van der Waals surface area contributed by atoms with Crippen LogP contribution in [0.5, 0.6) is 0 Å². The summed E-state index contributed by atoms with van der Waals surface area (Å²) in [5, 5.41) is 2.34. The highest BCUT2D eigenvalue weighted by Crippen LogP contribution is 2.44. The number of aryl methyl sites for hydroxylation is 4. The first-order valence-electron chi connectivity index (χ1n) is 27.1. The summed E-state index contributed by atoms with van der Waals surface area (Å²) in [7, 11) is 0. The molecule has 13 aromatic rings. The van der Waals surface area contributed by atoms with Crippen LogP contribution in [0.2, 0.25) is 0 Å². The van der Waals surface area contributed by atoms with Gasteiger partial charge in [0.1, 0.15) is 0 Å².